The number of rotatable bonds is 8. The van der Waals surface area contributed by atoms with Crippen molar-refractivity contribution in [2.24, 2.45) is 0 Å². The number of fused-ring (bicyclic) bond motifs is 1. The molecular weight excluding hydrogens is 429 g/mol. The molecule has 0 aliphatic carbocycles. The summed E-state index contributed by atoms with van der Waals surface area (Å²) in [5.74, 6) is 0.978. The first-order chi connectivity index (χ1) is 15.1. The molecule has 0 unspecified atom stereocenters. The lowest BCUT2D eigenvalue weighted by Crippen LogP contribution is -2.36. The molecule has 32 heavy (non-hydrogen) atoms. The van der Waals surface area contributed by atoms with Gasteiger partial charge >= 0.3 is 12.2 Å². The Labute approximate surface area is 182 Å². The smallest absolute Gasteiger partial charge is 0.405 e. The number of nitrogens with one attached hydrogen (secondary N) is 2. The quantitative estimate of drug-likeness (QED) is 0.483. The van der Waals surface area contributed by atoms with Gasteiger partial charge in [-0.15, -0.1) is 0 Å². The minimum atomic E-state index is -4.51. The number of imidazole rings is 1. The van der Waals surface area contributed by atoms with Crippen molar-refractivity contribution < 1.29 is 32.5 Å². The molecule has 0 saturated carbocycles. The Bertz CT molecular complexity index is 1080. The molecule has 0 radical (unpaired) electrons. The van der Waals surface area contributed by atoms with Crippen molar-refractivity contribution in [3.63, 3.8) is 0 Å². The fourth-order valence-electron chi connectivity index (χ4n) is 2.94. The van der Waals surface area contributed by atoms with Crippen LogP contribution in [0.25, 0.3) is 16.9 Å². The van der Waals surface area contributed by atoms with Gasteiger partial charge in [-0.2, -0.15) is 13.2 Å². The summed E-state index contributed by atoms with van der Waals surface area (Å²) in [5, 5.41) is 13.1. The number of anilines is 1. The third-order valence-electron chi connectivity index (χ3n) is 4.13. The molecule has 3 rings (SSSR count). The molecule has 11 heteroatoms. The molecule has 3 aromatic rings. The van der Waals surface area contributed by atoms with Gasteiger partial charge in [0, 0.05) is 29.6 Å². The third-order valence-corrected chi connectivity index (χ3v) is 4.13. The number of benzene rings is 1. The number of carbonyl (C=O) groups is 1. The van der Waals surface area contributed by atoms with E-state index in [2.05, 4.69) is 10.3 Å². The average Bonchev–Trinajstić information content (AvgIpc) is 3.13. The molecule has 0 saturated heterocycles. The average molecular weight is 452 g/mol. The predicted molar refractivity (Wildman–Crippen MR) is 112 cm³/mol. The van der Waals surface area contributed by atoms with Crippen molar-refractivity contribution in [3.8, 4) is 22.8 Å². The molecular formula is C21H23F3N4O4. The van der Waals surface area contributed by atoms with Gasteiger partial charge in [-0.1, -0.05) is 0 Å². The maximum Gasteiger partial charge on any atom is 0.405 e. The second kappa shape index (κ2) is 9.77. The molecule has 0 spiro atoms. The number of aliphatic hydroxyl groups is 1. The van der Waals surface area contributed by atoms with E-state index in [-0.39, 0.29) is 25.0 Å². The largest absolute Gasteiger partial charge is 0.491 e. The van der Waals surface area contributed by atoms with E-state index in [1.54, 1.807) is 46.4 Å². The summed E-state index contributed by atoms with van der Waals surface area (Å²) in [6.45, 7) is 2.27. The highest BCUT2D eigenvalue weighted by molar-refractivity contribution is 5.90. The summed E-state index contributed by atoms with van der Waals surface area (Å²) in [4.78, 5) is 16.3. The number of amides is 2. The van der Waals surface area contributed by atoms with E-state index in [1.807, 2.05) is 13.8 Å². The first-order valence-electron chi connectivity index (χ1n) is 9.79. The highest BCUT2D eigenvalue weighted by Crippen LogP contribution is 2.30. The molecule has 2 amide bonds. The number of urea groups is 1. The van der Waals surface area contributed by atoms with Crippen LogP contribution in [0, 0.1) is 0 Å². The second-order valence-electron chi connectivity index (χ2n) is 7.14. The van der Waals surface area contributed by atoms with Gasteiger partial charge in [-0.05, 0) is 32.0 Å². The highest BCUT2D eigenvalue weighted by Gasteiger charge is 2.27. The molecule has 0 aliphatic heterocycles. The van der Waals surface area contributed by atoms with Crippen LogP contribution in [-0.4, -0.2) is 52.6 Å². The monoisotopic (exact) mass is 452 g/mol. The van der Waals surface area contributed by atoms with E-state index < -0.39 is 18.8 Å². The summed E-state index contributed by atoms with van der Waals surface area (Å²) in [6.07, 6.45) is -1.32. The zero-order valence-electron chi connectivity index (χ0n) is 17.4. The summed E-state index contributed by atoms with van der Waals surface area (Å²) >= 11 is 0. The number of alkyl halides is 3. The van der Waals surface area contributed by atoms with Crippen LogP contribution >= 0.6 is 0 Å². The molecule has 0 aliphatic rings. The minimum Gasteiger partial charge on any atom is -0.491 e. The molecule has 2 aromatic heterocycles. The minimum absolute atomic E-state index is 0.111. The Morgan fingerprint density at radius 3 is 2.69 bits per heavy atom. The Hall–Kier alpha value is -3.47. The van der Waals surface area contributed by atoms with Gasteiger partial charge in [0.05, 0.1) is 24.6 Å². The van der Waals surface area contributed by atoms with Gasteiger partial charge < -0.3 is 25.2 Å². The van der Waals surface area contributed by atoms with Gasteiger partial charge in [-0.25, -0.2) is 9.78 Å². The molecule has 1 aromatic carbocycles. The van der Waals surface area contributed by atoms with Crippen LogP contribution in [0.15, 0.2) is 42.7 Å². The van der Waals surface area contributed by atoms with Crippen molar-refractivity contribution in [2.45, 2.75) is 26.1 Å². The van der Waals surface area contributed by atoms with E-state index in [0.717, 1.165) is 0 Å². The number of aliphatic hydroxyl groups excluding tert-OH is 1. The van der Waals surface area contributed by atoms with Gasteiger partial charge in [-0.3, -0.25) is 4.40 Å². The summed E-state index contributed by atoms with van der Waals surface area (Å²) < 4.78 is 50.0. The molecule has 3 N–H and O–H groups in total. The molecule has 0 bridgehead atoms. The Kier molecular flexibility index (Phi) is 7.08. The summed E-state index contributed by atoms with van der Waals surface area (Å²) in [6, 6.07) is 7.32. The maximum absolute atomic E-state index is 12.4. The number of ether oxygens (including phenoxy) is 2. The first kappa shape index (κ1) is 23.2. The van der Waals surface area contributed by atoms with Gasteiger partial charge in [0.15, 0.2) is 0 Å². The van der Waals surface area contributed by atoms with Crippen molar-refractivity contribution >= 4 is 17.4 Å². The van der Waals surface area contributed by atoms with Crippen molar-refractivity contribution in [3.05, 3.63) is 42.7 Å². The topological polar surface area (TPSA) is 97.1 Å². The normalized spacial score (nSPS) is 11.6. The fraction of sp³-hybridized carbons (Fsp3) is 0.333. The Balaban J connectivity index is 1.91. The zero-order chi connectivity index (χ0) is 23.3. The van der Waals surface area contributed by atoms with E-state index in [1.165, 1.54) is 6.07 Å². The number of pyridine rings is 1. The molecule has 2 heterocycles. The number of hydrogen-bond acceptors (Lipinski definition) is 5. The predicted octanol–water partition coefficient (Wildman–Crippen LogP) is 3.84. The fourth-order valence-corrected chi connectivity index (χ4v) is 2.94. The summed E-state index contributed by atoms with van der Waals surface area (Å²) in [7, 11) is 0. The van der Waals surface area contributed by atoms with E-state index in [4.69, 9.17) is 14.6 Å². The van der Waals surface area contributed by atoms with Crippen LogP contribution < -0.4 is 20.1 Å². The van der Waals surface area contributed by atoms with Crippen LogP contribution in [0.2, 0.25) is 0 Å². The Morgan fingerprint density at radius 1 is 1.22 bits per heavy atom. The number of halogens is 3. The number of hydrogen-bond donors (Lipinski definition) is 3. The highest BCUT2D eigenvalue weighted by atomic mass is 19.4. The SMILES string of the molecule is CC(C)Oc1cc(NC(=O)NCC(F)(F)F)cc(-c2cnc3cc(OCCO)ccn23)c1. The van der Waals surface area contributed by atoms with Gasteiger partial charge in [0.1, 0.15) is 30.3 Å². The second-order valence-corrected chi connectivity index (χ2v) is 7.14. The van der Waals surface area contributed by atoms with Crippen molar-refractivity contribution in [1.29, 1.82) is 0 Å². The maximum atomic E-state index is 12.4. The van der Waals surface area contributed by atoms with Crippen molar-refractivity contribution in [2.75, 3.05) is 25.1 Å². The lowest BCUT2D eigenvalue weighted by Gasteiger charge is -2.15. The van der Waals surface area contributed by atoms with E-state index in [9.17, 15) is 18.0 Å². The summed E-state index contributed by atoms with van der Waals surface area (Å²) in [5.41, 5.74) is 2.14. The number of carbonyl (C=O) groups excluding carboxylic acids is 1. The molecule has 8 nitrogen and oxygen atoms in total. The van der Waals surface area contributed by atoms with Crippen LogP contribution in [0.5, 0.6) is 11.5 Å². The van der Waals surface area contributed by atoms with E-state index in [0.29, 0.717) is 28.4 Å². The van der Waals surface area contributed by atoms with Crippen molar-refractivity contribution in [1.82, 2.24) is 14.7 Å². The van der Waals surface area contributed by atoms with Gasteiger partial charge in [0.25, 0.3) is 0 Å². The van der Waals surface area contributed by atoms with E-state index >= 15 is 0 Å². The Morgan fingerprint density at radius 2 is 2.00 bits per heavy atom. The lowest BCUT2D eigenvalue weighted by molar-refractivity contribution is -0.122. The standard InChI is InChI=1S/C21H23F3N4O4/c1-13(2)32-17-8-14(7-15(9-17)27-20(30)26-12-21(22,23)24)18-11-25-19-10-16(31-6-5-29)3-4-28(18)19/h3-4,7-11,13,29H,5-6,12H2,1-2H3,(H2,26,27,30). The van der Waals surface area contributed by atoms with Crippen LogP contribution in [-0.2, 0) is 0 Å². The third kappa shape index (κ3) is 6.27. The van der Waals surface area contributed by atoms with Crippen LogP contribution in [0.1, 0.15) is 13.8 Å². The first-order valence-corrected chi connectivity index (χ1v) is 9.79. The van der Waals surface area contributed by atoms with Crippen LogP contribution in [0.4, 0.5) is 23.7 Å². The molecule has 172 valence electrons. The van der Waals surface area contributed by atoms with Gasteiger partial charge in [0.2, 0.25) is 0 Å². The molecule has 0 fully saturated rings. The zero-order valence-corrected chi connectivity index (χ0v) is 17.4. The molecule has 0 atom stereocenters. The van der Waals surface area contributed by atoms with Crippen LogP contribution in [0.3, 0.4) is 0 Å². The lowest BCUT2D eigenvalue weighted by atomic mass is 10.1. The number of nitrogens with zero attached hydrogens (tertiary/aromatic N) is 2. The number of aromatic nitrogens is 2.